The van der Waals surface area contributed by atoms with Crippen molar-refractivity contribution in [3.8, 4) is 16.8 Å². The van der Waals surface area contributed by atoms with Crippen molar-refractivity contribution in [3.63, 3.8) is 0 Å². The number of carbonyl (C=O) groups is 2. The summed E-state index contributed by atoms with van der Waals surface area (Å²) in [6, 6.07) is 28.0. The van der Waals surface area contributed by atoms with Gasteiger partial charge in [0.15, 0.2) is 0 Å². The molecule has 0 bridgehead atoms. The molecule has 0 saturated carbocycles. The first-order valence-electron chi connectivity index (χ1n) is 13.7. The Labute approximate surface area is 252 Å². The highest BCUT2D eigenvalue weighted by Gasteiger charge is 2.10. The average Bonchev–Trinajstić information content (AvgIpc) is 3.69. The topological polar surface area (TPSA) is 145 Å². The summed E-state index contributed by atoms with van der Waals surface area (Å²) < 4.78 is 3.47. The molecule has 10 heteroatoms. The van der Waals surface area contributed by atoms with Crippen molar-refractivity contribution >= 4 is 52.2 Å². The fourth-order valence-corrected chi connectivity index (χ4v) is 4.55. The number of rotatable bonds is 8. The van der Waals surface area contributed by atoms with E-state index < -0.39 is 0 Å². The minimum absolute atomic E-state index is 0.344. The van der Waals surface area contributed by atoms with Crippen LogP contribution in [0.25, 0.3) is 34.5 Å². The normalized spacial score (nSPS) is 11.4. The van der Waals surface area contributed by atoms with E-state index in [2.05, 4.69) is 20.8 Å². The van der Waals surface area contributed by atoms with Gasteiger partial charge in [-0.3, -0.25) is 9.59 Å². The van der Waals surface area contributed by atoms with Crippen molar-refractivity contribution < 1.29 is 9.59 Å². The molecule has 0 aliphatic carbocycles. The lowest BCUT2D eigenvalue weighted by Crippen LogP contribution is -2.10. The highest BCUT2D eigenvalue weighted by Crippen LogP contribution is 2.31. The Balaban J connectivity index is 1.13. The third-order valence-electron chi connectivity index (χ3n) is 6.80. The summed E-state index contributed by atoms with van der Waals surface area (Å²) >= 11 is 0. The third-order valence-corrected chi connectivity index (χ3v) is 6.80. The molecule has 0 aliphatic rings. The number of fused-ring (bicyclic) bond motifs is 1. The number of hydrogen-bond acceptors (Lipinski definition) is 6. The van der Waals surface area contributed by atoms with Crippen LogP contribution in [-0.2, 0) is 9.59 Å². The first kappa shape index (κ1) is 27.7. The largest absolute Gasteiger partial charge is 0.397 e. The molecular formula is C34H28N8O2. The summed E-state index contributed by atoms with van der Waals surface area (Å²) in [7, 11) is 0. The fourth-order valence-electron chi connectivity index (χ4n) is 4.55. The van der Waals surface area contributed by atoms with E-state index in [1.165, 1.54) is 12.2 Å². The minimum Gasteiger partial charge on any atom is -0.397 e. The summed E-state index contributed by atoms with van der Waals surface area (Å²) in [5.41, 5.74) is 18.9. The van der Waals surface area contributed by atoms with Gasteiger partial charge in [0.25, 0.3) is 0 Å². The Hall–Kier alpha value is -6.42. The molecule has 0 saturated heterocycles. The van der Waals surface area contributed by atoms with E-state index in [9.17, 15) is 9.59 Å². The number of nitrogens with zero attached hydrogens (tertiary/aromatic N) is 4. The maximum absolute atomic E-state index is 12.7. The van der Waals surface area contributed by atoms with E-state index in [4.69, 9.17) is 11.5 Å². The van der Waals surface area contributed by atoms with Crippen LogP contribution in [0.4, 0.5) is 22.7 Å². The van der Waals surface area contributed by atoms with E-state index in [0.29, 0.717) is 28.4 Å². The molecule has 6 rings (SSSR count). The zero-order valence-corrected chi connectivity index (χ0v) is 23.5. The second kappa shape index (κ2) is 12.2. The van der Waals surface area contributed by atoms with Gasteiger partial charge in [-0.1, -0.05) is 36.4 Å². The van der Waals surface area contributed by atoms with Crippen LogP contribution in [0.3, 0.4) is 0 Å². The highest BCUT2D eigenvalue weighted by molar-refractivity contribution is 6.05. The Bertz CT molecular complexity index is 2010. The molecule has 0 atom stereocenters. The predicted octanol–water partition coefficient (Wildman–Crippen LogP) is 5.66. The van der Waals surface area contributed by atoms with Crippen LogP contribution >= 0.6 is 0 Å². The molecule has 2 amide bonds. The van der Waals surface area contributed by atoms with Gasteiger partial charge in [-0.15, -0.1) is 0 Å². The minimum atomic E-state index is -0.350. The van der Waals surface area contributed by atoms with Gasteiger partial charge in [0.1, 0.15) is 0 Å². The van der Waals surface area contributed by atoms with Gasteiger partial charge in [0, 0.05) is 30.1 Å². The molecule has 0 aliphatic heterocycles. The molecule has 6 N–H and O–H groups in total. The van der Waals surface area contributed by atoms with Crippen LogP contribution in [0.15, 0.2) is 122 Å². The Morgan fingerprint density at radius 1 is 0.727 bits per heavy atom. The van der Waals surface area contributed by atoms with Crippen molar-refractivity contribution in [2.45, 2.75) is 0 Å². The van der Waals surface area contributed by atoms with Gasteiger partial charge in [-0.2, -0.15) is 10.2 Å². The maximum atomic E-state index is 12.7. The smallest absolute Gasteiger partial charge is 0.248 e. The molecule has 0 fully saturated rings. The summed E-state index contributed by atoms with van der Waals surface area (Å²) in [5.74, 6) is -0.693. The van der Waals surface area contributed by atoms with Crippen LogP contribution in [0.5, 0.6) is 0 Å². The standard InChI is InChI=1S/C34H28N8O2/c35-29-13-10-24(18-31(29)38-33(43)15-9-23-21-37-42(22-23)27-6-2-1-3-7-27)25-11-14-30(36)32(19-25)39-34(44)16-12-26-20-28-8-4-5-17-41(28)40-26/h1-22H,35-36H2,(H,38,43)(H,39,44)/b15-9+,16-12+. The Morgan fingerprint density at radius 2 is 1.36 bits per heavy atom. The quantitative estimate of drug-likeness (QED) is 0.135. The lowest BCUT2D eigenvalue weighted by Gasteiger charge is -2.12. The van der Waals surface area contributed by atoms with Gasteiger partial charge < -0.3 is 22.1 Å². The van der Waals surface area contributed by atoms with Crippen molar-refractivity contribution in [1.82, 2.24) is 19.4 Å². The van der Waals surface area contributed by atoms with Crippen molar-refractivity contribution in [2.75, 3.05) is 22.1 Å². The van der Waals surface area contributed by atoms with E-state index in [-0.39, 0.29) is 11.8 Å². The maximum Gasteiger partial charge on any atom is 0.248 e. The van der Waals surface area contributed by atoms with Crippen molar-refractivity contribution in [2.24, 2.45) is 0 Å². The third kappa shape index (κ3) is 6.39. The lowest BCUT2D eigenvalue weighted by molar-refractivity contribution is -0.112. The molecule has 0 spiro atoms. The van der Waals surface area contributed by atoms with Gasteiger partial charge >= 0.3 is 0 Å². The molecule has 216 valence electrons. The van der Waals surface area contributed by atoms with Crippen LogP contribution < -0.4 is 22.1 Å². The molecule has 3 aromatic heterocycles. The van der Waals surface area contributed by atoms with Crippen LogP contribution in [0, 0.1) is 0 Å². The summed E-state index contributed by atoms with van der Waals surface area (Å²) in [5, 5.41) is 14.4. The zero-order chi connectivity index (χ0) is 30.5. The second-order valence-corrected chi connectivity index (χ2v) is 9.94. The number of pyridine rings is 1. The van der Waals surface area contributed by atoms with Gasteiger partial charge in [0.05, 0.1) is 45.8 Å². The van der Waals surface area contributed by atoms with Crippen molar-refractivity contribution in [1.29, 1.82) is 0 Å². The first-order valence-corrected chi connectivity index (χ1v) is 13.7. The lowest BCUT2D eigenvalue weighted by atomic mass is 10.0. The summed E-state index contributed by atoms with van der Waals surface area (Å²) in [6.45, 7) is 0. The molecular weight excluding hydrogens is 552 g/mol. The van der Waals surface area contributed by atoms with Gasteiger partial charge in [0.2, 0.25) is 11.8 Å². The highest BCUT2D eigenvalue weighted by atomic mass is 16.2. The molecule has 0 radical (unpaired) electrons. The molecule has 3 aromatic carbocycles. The number of amides is 2. The molecule has 10 nitrogen and oxygen atoms in total. The monoisotopic (exact) mass is 580 g/mol. The number of anilines is 4. The zero-order valence-electron chi connectivity index (χ0n) is 23.5. The molecule has 6 aromatic rings. The molecule has 44 heavy (non-hydrogen) atoms. The molecule has 0 unspecified atom stereocenters. The summed E-state index contributed by atoms with van der Waals surface area (Å²) in [6.07, 6.45) is 11.5. The van der Waals surface area contributed by atoms with Crippen molar-refractivity contribution in [3.05, 3.63) is 133 Å². The number of hydrogen-bond donors (Lipinski definition) is 4. The van der Waals surface area contributed by atoms with Crippen LogP contribution in [-0.4, -0.2) is 31.2 Å². The number of nitrogen functional groups attached to an aromatic ring is 2. The number of benzene rings is 3. The fraction of sp³-hybridized carbons (Fsp3) is 0. The average molecular weight is 581 g/mol. The number of nitrogens with one attached hydrogen (secondary N) is 2. The van der Waals surface area contributed by atoms with Crippen LogP contribution in [0.2, 0.25) is 0 Å². The Kier molecular flexibility index (Phi) is 7.70. The van der Waals surface area contributed by atoms with E-state index in [1.807, 2.05) is 79.1 Å². The van der Waals surface area contributed by atoms with E-state index >= 15 is 0 Å². The first-order chi connectivity index (χ1) is 21.4. The number of aromatic nitrogens is 4. The SMILES string of the molecule is Nc1ccc(-c2ccc(N)c(NC(=O)/C=C/c3cc4ccccn4n3)c2)cc1NC(=O)/C=C/c1cnn(-c2ccccc2)c1. The number of carbonyl (C=O) groups excluding carboxylic acids is 2. The van der Waals surface area contributed by atoms with Gasteiger partial charge in [-0.25, -0.2) is 9.20 Å². The Morgan fingerprint density at radius 3 is 2.02 bits per heavy atom. The van der Waals surface area contributed by atoms with Crippen LogP contribution in [0.1, 0.15) is 11.3 Å². The number of nitrogens with two attached hydrogens (primary N) is 2. The second-order valence-electron chi connectivity index (χ2n) is 9.94. The number of para-hydroxylation sites is 1. The predicted molar refractivity (Wildman–Crippen MR) is 175 cm³/mol. The van der Waals surface area contributed by atoms with E-state index in [0.717, 1.165) is 27.9 Å². The van der Waals surface area contributed by atoms with Gasteiger partial charge in [-0.05, 0) is 77.9 Å². The molecule has 3 heterocycles. The summed E-state index contributed by atoms with van der Waals surface area (Å²) in [4.78, 5) is 25.4. The van der Waals surface area contributed by atoms with E-state index in [1.54, 1.807) is 51.8 Å².